The average Bonchev–Trinajstić information content (AvgIpc) is 3.70. The highest BCUT2D eigenvalue weighted by molar-refractivity contribution is 6.09. The van der Waals surface area contributed by atoms with Crippen LogP contribution in [0.4, 0.5) is 5.82 Å². The van der Waals surface area contributed by atoms with E-state index in [-0.39, 0.29) is 11.6 Å². The lowest BCUT2D eigenvalue weighted by atomic mass is 9.83. The highest BCUT2D eigenvalue weighted by atomic mass is 16.3. The number of rotatable bonds is 6. The number of hydrogen-bond acceptors (Lipinski definition) is 7. The topological polar surface area (TPSA) is 86.5 Å². The molecule has 0 spiro atoms. The predicted molar refractivity (Wildman–Crippen MR) is 143 cm³/mol. The number of nitrogens with one attached hydrogen (secondary N) is 1. The fourth-order valence-electron chi connectivity index (χ4n) is 5.90. The number of aliphatic hydroxyl groups is 1. The Labute approximate surface area is 212 Å². The molecule has 2 aliphatic carbocycles. The summed E-state index contributed by atoms with van der Waals surface area (Å²) in [5.74, 6) is 1.53. The zero-order chi connectivity index (χ0) is 24.9. The molecule has 3 heterocycles. The lowest BCUT2D eigenvalue weighted by molar-refractivity contribution is 0.0100. The van der Waals surface area contributed by atoms with Crippen LogP contribution in [0.1, 0.15) is 57.1 Å². The minimum absolute atomic E-state index is 0.0242. The first kappa shape index (κ1) is 23.8. The smallest absolute Gasteiger partial charge is 0.260 e. The molecule has 2 N–H and O–H groups in total. The average molecular weight is 491 g/mol. The molecule has 2 saturated carbocycles. The Morgan fingerprint density at radius 3 is 2.53 bits per heavy atom. The van der Waals surface area contributed by atoms with Gasteiger partial charge in [-0.3, -0.25) is 14.3 Å². The van der Waals surface area contributed by atoms with Gasteiger partial charge in [-0.2, -0.15) is 0 Å². The van der Waals surface area contributed by atoms with E-state index in [0.29, 0.717) is 24.4 Å². The zero-order valence-electron chi connectivity index (χ0n) is 21.5. The van der Waals surface area contributed by atoms with Crippen LogP contribution in [-0.2, 0) is 6.54 Å². The van der Waals surface area contributed by atoms with E-state index in [9.17, 15) is 9.90 Å². The second kappa shape index (κ2) is 9.39. The van der Waals surface area contributed by atoms with Crippen molar-refractivity contribution < 1.29 is 5.11 Å². The second-order valence-electron chi connectivity index (χ2n) is 11.6. The highest BCUT2D eigenvalue weighted by Crippen LogP contribution is 2.37. The summed E-state index contributed by atoms with van der Waals surface area (Å²) in [5, 5.41) is 16.7. The van der Waals surface area contributed by atoms with Crippen LogP contribution in [0.15, 0.2) is 29.3 Å². The quantitative estimate of drug-likeness (QED) is 0.512. The number of likely N-dealkylation sites (N-methyl/N-ethyl adjacent to an activating group) is 1. The summed E-state index contributed by atoms with van der Waals surface area (Å²) in [7, 11) is 2.17. The van der Waals surface area contributed by atoms with Crippen molar-refractivity contribution in [3.8, 4) is 0 Å². The fourth-order valence-corrected chi connectivity index (χ4v) is 5.90. The minimum Gasteiger partial charge on any atom is -0.390 e. The summed E-state index contributed by atoms with van der Waals surface area (Å²) in [6.45, 7) is 7.89. The molecule has 0 radical (unpaired) electrons. The van der Waals surface area contributed by atoms with E-state index in [1.165, 1.54) is 18.4 Å². The zero-order valence-corrected chi connectivity index (χ0v) is 21.5. The molecule has 1 aromatic carbocycles. The van der Waals surface area contributed by atoms with Crippen LogP contribution >= 0.6 is 0 Å². The van der Waals surface area contributed by atoms with E-state index in [1.54, 1.807) is 6.33 Å². The van der Waals surface area contributed by atoms with Crippen LogP contribution in [0.2, 0.25) is 0 Å². The van der Waals surface area contributed by atoms with Gasteiger partial charge in [0.15, 0.2) is 0 Å². The van der Waals surface area contributed by atoms with Crippen molar-refractivity contribution >= 4 is 27.6 Å². The Balaban J connectivity index is 1.45. The molecule has 0 atom stereocenters. The maximum atomic E-state index is 14.1. The molecule has 36 heavy (non-hydrogen) atoms. The Morgan fingerprint density at radius 2 is 1.81 bits per heavy atom. The summed E-state index contributed by atoms with van der Waals surface area (Å²) in [6.07, 6.45) is 7.01. The highest BCUT2D eigenvalue weighted by Gasteiger charge is 2.32. The van der Waals surface area contributed by atoms with Crippen molar-refractivity contribution in [1.29, 1.82) is 0 Å². The first-order valence-electron chi connectivity index (χ1n) is 13.6. The van der Waals surface area contributed by atoms with Crippen LogP contribution in [0.3, 0.4) is 0 Å². The second-order valence-corrected chi connectivity index (χ2v) is 11.6. The number of anilines is 1. The molecular formula is C28H38N6O2. The Morgan fingerprint density at radius 1 is 1.06 bits per heavy atom. The maximum absolute atomic E-state index is 14.1. The lowest BCUT2D eigenvalue weighted by Gasteiger charge is -2.34. The van der Waals surface area contributed by atoms with Crippen molar-refractivity contribution in [2.45, 2.75) is 63.6 Å². The van der Waals surface area contributed by atoms with E-state index in [2.05, 4.69) is 50.3 Å². The van der Waals surface area contributed by atoms with Gasteiger partial charge in [0.25, 0.3) is 5.56 Å². The van der Waals surface area contributed by atoms with Crippen LogP contribution in [0.5, 0.6) is 0 Å². The first-order chi connectivity index (χ1) is 17.4. The molecular weight excluding hydrogens is 452 g/mol. The van der Waals surface area contributed by atoms with Gasteiger partial charge in [0.1, 0.15) is 17.8 Å². The van der Waals surface area contributed by atoms with Crippen LogP contribution in [0.25, 0.3) is 21.8 Å². The number of aromatic nitrogens is 3. The molecule has 8 heteroatoms. The molecule has 3 aliphatic rings. The fraction of sp³-hybridized carbons (Fsp3) is 0.607. The van der Waals surface area contributed by atoms with Gasteiger partial charge in [0, 0.05) is 56.1 Å². The van der Waals surface area contributed by atoms with Crippen molar-refractivity contribution in [2.24, 2.45) is 5.92 Å². The Hall–Kier alpha value is -2.55. The SMILES string of the molecule is CN1CCN(Cc2ccc3c(c2)c(=O)n(C2CCC(C)(O)CC2)c2ncnc(NCC4CC4)c32)CC1. The van der Waals surface area contributed by atoms with Gasteiger partial charge in [-0.1, -0.05) is 12.1 Å². The van der Waals surface area contributed by atoms with Gasteiger partial charge in [0.2, 0.25) is 0 Å². The van der Waals surface area contributed by atoms with E-state index in [1.807, 2.05) is 11.5 Å². The predicted octanol–water partition coefficient (Wildman–Crippen LogP) is 3.38. The summed E-state index contributed by atoms with van der Waals surface area (Å²) in [6, 6.07) is 6.39. The molecule has 6 rings (SSSR count). The first-order valence-corrected chi connectivity index (χ1v) is 13.6. The summed E-state index contributed by atoms with van der Waals surface area (Å²) in [5.41, 5.74) is 1.25. The molecule has 3 aromatic rings. The summed E-state index contributed by atoms with van der Waals surface area (Å²) in [4.78, 5) is 28.2. The molecule has 192 valence electrons. The lowest BCUT2D eigenvalue weighted by Crippen LogP contribution is -2.43. The number of hydrogen-bond donors (Lipinski definition) is 2. The van der Waals surface area contributed by atoms with Crippen molar-refractivity contribution in [3.63, 3.8) is 0 Å². The molecule has 0 unspecified atom stereocenters. The van der Waals surface area contributed by atoms with Gasteiger partial charge in [-0.25, -0.2) is 9.97 Å². The van der Waals surface area contributed by atoms with Gasteiger partial charge < -0.3 is 15.3 Å². The number of benzene rings is 1. The van der Waals surface area contributed by atoms with Crippen molar-refractivity contribution in [3.05, 3.63) is 40.4 Å². The maximum Gasteiger partial charge on any atom is 0.260 e. The van der Waals surface area contributed by atoms with Crippen LogP contribution in [0, 0.1) is 5.92 Å². The van der Waals surface area contributed by atoms with Gasteiger partial charge in [-0.15, -0.1) is 0 Å². The molecule has 3 fully saturated rings. The van der Waals surface area contributed by atoms with Crippen LogP contribution in [-0.4, -0.2) is 74.8 Å². The number of piperazine rings is 1. The number of nitrogens with zero attached hydrogens (tertiary/aromatic N) is 5. The van der Waals surface area contributed by atoms with Crippen LogP contribution < -0.4 is 10.9 Å². The molecule has 1 aliphatic heterocycles. The van der Waals surface area contributed by atoms with Crippen molar-refractivity contribution in [2.75, 3.05) is 45.1 Å². The minimum atomic E-state index is -0.658. The van der Waals surface area contributed by atoms with Crippen molar-refractivity contribution in [1.82, 2.24) is 24.3 Å². The van der Waals surface area contributed by atoms with Gasteiger partial charge in [-0.05, 0) is 70.0 Å². The van der Waals surface area contributed by atoms with Gasteiger partial charge in [0.05, 0.1) is 11.0 Å². The third-order valence-corrected chi connectivity index (χ3v) is 8.51. The molecule has 0 bridgehead atoms. The molecule has 1 saturated heterocycles. The summed E-state index contributed by atoms with van der Waals surface area (Å²) >= 11 is 0. The third kappa shape index (κ3) is 4.74. The normalized spacial score (nSPS) is 26.0. The molecule has 0 amide bonds. The van der Waals surface area contributed by atoms with Gasteiger partial charge >= 0.3 is 0 Å². The standard InChI is InChI=1S/C28H38N6O2/c1-28(36)9-7-21(8-10-28)34-26-24(25(30-18-31-26)29-16-19-3-4-19)22-6-5-20(15-23(22)27(34)35)17-33-13-11-32(2)12-14-33/h5-6,15,18-19,21,36H,3-4,7-14,16-17H2,1-2H3,(H,29,30,31). The number of pyridine rings is 1. The van der Waals surface area contributed by atoms with E-state index >= 15 is 0 Å². The third-order valence-electron chi connectivity index (χ3n) is 8.51. The van der Waals surface area contributed by atoms with E-state index in [0.717, 1.165) is 74.1 Å². The van der Waals surface area contributed by atoms with E-state index < -0.39 is 5.60 Å². The summed E-state index contributed by atoms with van der Waals surface area (Å²) < 4.78 is 1.91. The molecule has 8 nitrogen and oxygen atoms in total. The largest absolute Gasteiger partial charge is 0.390 e. The number of fused-ring (bicyclic) bond motifs is 3. The van der Waals surface area contributed by atoms with E-state index in [4.69, 9.17) is 0 Å². The molecule has 2 aromatic heterocycles. The monoisotopic (exact) mass is 490 g/mol. The Bertz CT molecular complexity index is 1310. The Kier molecular flexibility index (Phi) is 6.22.